The highest BCUT2D eigenvalue weighted by atomic mass is 16.4. The van der Waals surface area contributed by atoms with E-state index < -0.39 is 180 Å². The number of hydrogen-bond acceptors (Lipinski definition) is 18. The Hall–Kier alpha value is -9.94. The number of guanidine groups is 3. The SMILES string of the molecule is CC[C@H](C)[C@H](NC(=O)[C@@H](NC(=O)[C@@H](NC(=O)[C@H](Cc1ccccc1)NC(=O)[C@H](C)NC(=O)[C@H](CCCN=C(N)N)NC(=O)[C@@H]1CCCN1C(=O)CNC(=O)[C@H](CCCN=C(N)N)NC(=O)[C@H](CCC(N)=O)NC(=O)[C@@H](NC(=O)[C@@H](N)CCCN=C(N)N)[C@@H](C)CC)C(C)C)[C@@H](C)O)C(=O)O. The van der Waals surface area contributed by atoms with Crippen molar-refractivity contribution in [2.75, 3.05) is 32.7 Å². The van der Waals surface area contributed by atoms with Crippen molar-refractivity contribution in [1.29, 1.82) is 0 Å². The summed E-state index contributed by atoms with van der Waals surface area (Å²) >= 11 is 0. The molecule has 0 aromatic heterocycles. The quantitative estimate of drug-likeness (QED) is 0.0164. The number of aliphatic hydroxyl groups is 1. The zero-order valence-electron chi connectivity index (χ0n) is 58.4. The minimum atomic E-state index is -1.65. The van der Waals surface area contributed by atoms with E-state index in [1.54, 1.807) is 71.9 Å². The van der Waals surface area contributed by atoms with Gasteiger partial charge in [-0.3, -0.25) is 72.5 Å². The molecule has 0 spiro atoms. The van der Waals surface area contributed by atoms with Crippen LogP contribution in [0.15, 0.2) is 45.3 Å². The molecule has 1 aliphatic rings. The summed E-state index contributed by atoms with van der Waals surface area (Å²) in [5.41, 5.74) is 45.0. The number of aliphatic carboxylic acids is 1. The fourth-order valence-corrected chi connectivity index (χ4v) is 10.3. The summed E-state index contributed by atoms with van der Waals surface area (Å²) < 4.78 is 0. The molecule has 37 heteroatoms. The van der Waals surface area contributed by atoms with Gasteiger partial charge in [0.1, 0.15) is 60.4 Å². The van der Waals surface area contributed by atoms with Crippen LogP contribution in [0.5, 0.6) is 0 Å². The van der Waals surface area contributed by atoms with Gasteiger partial charge in [-0.1, -0.05) is 84.7 Å². The Bertz CT molecular complexity index is 3020. The summed E-state index contributed by atoms with van der Waals surface area (Å²) in [4.78, 5) is 191. The summed E-state index contributed by atoms with van der Waals surface area (Å²) in [6.07, 6.45) is -0.742. The monoisotopic (exact) mass is 1410 g/mol. The number of benzene rings is 1. The van der Waals surface area contributed by atoms with E-state index in [2.05, 4.69) is 68.1 Å². The molecule has 12 amide bonds. The number of nitrogens with two attached hydrogens (primary N) is 8. The van der Waals surface area contributed by atoms with Crippen molar-refractivity contribution in [2.45, 2.75) is 211 Å². The molecule has 0 unspecified atom stereocenters. The lowest BCUT2D eigenvalue weighted by Gasteiger charge is -2.30. The summed E-state index contributed by atoms with van der Waals surface area (Å²) in [6, 6.07) is -6.53. The number of nitrogens with zero attached hydrogens (tertiary/aromatic N) is 4. The van der Waals surface area contributed by atoms with Crippen molar-refractivity contribution in [1.82, 2.24) is 58.1 Å². The molecule has 0 aliphatic carbocycles. The van der Waals surface area contributed by atoms with Crippen LogP contribution < -0.4 is 99.0 Å². The van der Waals surface area contributed by atoms with Gasteiger partial charge < -0.3 is 114 Å². The highest BCUT2D eigenvalue weighted by Crippen LogP contribution is 2.19. The Labute approximate surface area is 582 Å². The van der Waals surface area contributed by atoms with Gasteiger partial charge in [0.2, 0.25) is 70.9 Å². The summed E-state index contributed by atoms with van der Waals surface area (Å²) in [5, 5.41) is 45.9. The molecule has 1 aromatic rings. The Kier molecular flexibility index (Phi) is 38.0. The number of amides is 12. The predicted octanol–water partition coefficient (Wildman–Crippen LogP) is -6.31. The van der Waals surface area contributed by atoms with Crippen molar-refractivity contribution in [2.24, 2.45) is 78.6 Å². The van der Waals surface area contributed by atoms with E-state index in [-0.39, 0.29) is 95.4 Å². The molecule has 37 nitrogen and oxygen atoms in total. The fourth-order valence-electron chi connectivity index (χ4n) is 10.3. The van der Waals surface area contributed by atoms with Crippen LogP contribution in [0.25, 0.3) is 0 Å². The zero-order valence-corrected chi connectivity index (χ0v) is 58.4. The number of carbonyl (C=O) groups excluding carboxylic acids is 12. The average molecular weight is 1410 g/mol. The summed E-state index contributed by atoms with van der Waals surface area (Å²) in [7, 11) is 0. The molecule has 1 aliphatic heterocycles. The molecule has 28 N–H and O–H groups in total. The van der Waals surface area contributed by atoms with E-state index in [4.69, 9.17) is 45.9 Å². The van der Waals surface area contributed by atoms with Crippen LogP contribution in [-0.2, 0) is 68.7 Å². The first-order valence-electron chi connectivity index (χ1n) is 33.5. The third-order valence-electron chi connectivity index (χ3n) is 16.6. The van der Waals surface area contributed by atoms with Gasteiger partial charge in [-0.25, -0.2) is 4.79 Å². The zero-order chi connectivity index (χ0) is 75.5. The second-order valence-corrected chi connectivity index (χ2v) is 25.1. The molecule has 14 atom stereocenters. The Morgan fingerprint density at radius 3 is 1.49 bits per heavy atom. The third-order valence-corrected chi connectivity index (χ3v) is 16.6. The van der Waals surface area contributed by atoms with Crippen molar-refractivity contribution < 1.29 is 72.5 Å². The topological polar surface area (TPSA) is 631 Å². The van der Waals surface area contributed by atoms with Gasteiger partial charge in [0.25, 0.3) is 0 Å². The lowest BCUT2D eigenvalue weighted by Crippen LogP contribution is -2.62. The van der Waals surface area contributed by atoms with Gasteiger partial charge in [0.05, 0.1) is 18.7 Å². The molecule has 560 valence electrons. The van der Waals surface area contributed by atoms with Crippen LogP contribution >= 0.6 is 0 Å². The Morgan fingerprint density at radius 1 is 0.520 bits per heavy atom. The van der Waals surface area contributed by atoms with Gasteiger partial charge in [-0.05, 0) is 95.0 Å². The smallest absolute Gasteiger partial charge is 0.326 e. The summed E-state index contributed by atoms with van der Waals surface area (Å²) in [5.74, 6) is -13.9. The highest BCUT2D eigenvalue weighted by molar-refractivity contribution is 5.99. The maximum atomic E-state index is 14.3. The van der Waals surface area contributed by atoms with Crippen molar-refractivity contribution in [3.8, 4) is 0 Å². The van der Waals surface area contributed by atoms with Gasteiger partial charge in [-0.15, -0.1) is 0 Å². The number of rotatable bonds is 45. The van der Waals surface area contributed by atoms with Crippen LogP contribution in [0.2, 0.25) is 0 Å². The number of primary amides is 1. The number of carboxylic acids is 1. The van der Waals surface area contributed by atoms with Crippen molar-refractivity contribution in [3.63, 3.8) is 0 Å². The maximum absolute atomic E-state index is 14.3. The molecule has 1 heterocycles. The highest BCUT2D eigenvalue weighted by Gasteiger charge is 2.40. The van der Waals surface area contributed by atoms with Gasteiger partial charge in [0.15, 0.2) is 17.9 Å². The number of carboxylic acid groups (broad SMARTS) is 1. The van der Waals surface area contributed by atoms with E-state index in [0.29, 0.717) is 31.2 Å². The molecule has 0 radical (unpaired) electrons. The first kappa shape index (κ1) is 86.1. The number of aliphatic hydroxyl groups excluding tert-OH is 1. The first-order chi connectivity index (χ1) is 47.0. The molecule has 1 fully saturated rings. The van der Waals surface area contributed by atoms with E-state index in [1.807, 2.05) is 0 Å². The molecular formula is C63H108N22O15. The van der Waals surface area contributed by atoms with Gasteiger partial charge in [-0.2, -0.15) is 0 Å². The second kappa shape index (κ2) is 44.2. The molecule has 1 aromatic carbocycles. The minimum absolute atomic E-state index is 0.00505. The molecule has 0 saturated carbocycles. The van der Waals surface area contributed by atoms with E-state index >= 15 is 0 Å². The Balaban J connectivity index is 2.38. The van der Waals surface area contributed by atoms with Crippen LogP contribution in [0.1, 0.15) is 138 Å². The lowest BCUT2D eigenvalue weighted by atomic mass is 9.96. The number of likely N-dealkylation sites (tertiary alicyclic amines) is 1. The van der Waals surface area contributed by atoms with Gasteiger partial charge >= 0.3 is 5.97 Å². The first-order valence-corrected chi connectivity index (χ1v) is 33.5. The maximum Gasteiger partial charge on any atom is 0.326 e. The number of nitrogens with one attached hydrogen (secondary N) is 10. The summed E-state index contributed by atoms with van der Waals surface area (Å²) in [6.45, 7) is 12.0. The van der Waals surface area contributed by atoms with E-state index in [9.17, 15) is 72.5 Å². The lowest BCUT2D eigenvalue weighted by molar-refractivity contribution is -0.144. The van der Waals surface area contributed by atoms with Crippen LogP contribution in [-0.4, -0.2) is 215 Å². The van der Waals surface area contributed by atoms with E-state index in [0.717, 1.165) is 0 Å². The number of carbonyl (C=O) groups is 13. The predicted molar refractivity (Wildman–Crippen MR) is 370 cm³/mol. The largest absolute Gasteiger partial charge is 0.480 e. The normalized spacial score (nSPS) is 16.5. The minimum Gasteiger partial charge on any atom is -0.480 e. The van der Waals surface area contributed by atoms with Crippen molar-refractivity contribution in [3.05, 3.63) is 35.9 Å². The van der Waals surface area contributed by atoms with Crippen LogP contribution in [0.4, 0.5) is 0 Å². The average Bonchev–Trinajstić information content (AvgIpc) is 1.64. The third kappa shape index (κ3) is 30.9. The molecule has 1 saturated heterocycles. The standard InChI is InChI=1S/C63H108N22O15/c1-9-33(5)47(82-51(90)38(64)20-14-26-72-61(66)67)58(97)79-41(24-25-44(65)87)54(93)77-39(21-15-27-73-62(68)69)52(91)75-31-45(88)85-29-17-23-43(85)56(95)78-40(22-16-28-74-63(70)71)53(92)76-35(7)50(89)80-42(30-37-18-12-11-13-19-37)55(94)81-46(32(3)4)57(96)84-49(36(8)86)59(98)83-48(60(99)100)34(6)10-2/h11-13,18-19,32-36,38-43,46-49,86H,9-10,14-17,20-31,64H2,1-8H3,(H2,65,87)(H,75,91)(H,76,92)(H,77,93)(H,78,95)(H,79,97)(H,80,89)(H,81,94)(H,82,90)(H,83,98)(H,84,96)(H,99,100)(H4,66,67,72)(H4,68,69,73)(H4,70,71,74)/t33-,34-,35-,36+,38-,39-,40-,41-,42-,43-,46-,47-,48-,49-/m0/s1. The Morgan fingerprint density at radius 2 is 0.970 bits per heavy atom. The number of hydrogen-bond donors (Lipinski definition) is 20. The molecule has 2 rings (SSSR count). The number of aliphatic imine (C=N–C) groups is 3. The van der Waals surface area contributed by atoms with E-state index in [1.165, 1.54) is 18.7 Å². The van der Waals surface area contributed by atoms with Gasteiger partial charge in [0, 0.05) is 39.0 Å². The van der Waals surface area contributed by atoms with Crippen LogP contribution in [0, 0.1) is 17.8 Å². The molecule has 0 bridgehead atoms. The molecular weight excluding hydrogens is 1300 g/mol. The fraction of sp³-hybridized carbons (Fsp3) is 0.651. The van der Waals surface area contributed by atoms with Crippen molar-refractivity contribution >= 4 is 94.7 Å². The molecule has 100 heavy (non-hydrogen) atoms. The van der Waals surface area contributed by atoms with Crippen LogP contribution in [0.3, 0.4) is 0 Å². The second-order valence-electron chi connectivity index (χ2n) is 25.1.